The molecule has 2 aromatic heterocycles. The maximum absolute atomic E-state index is 12.7. The van der Waals surface area contributed by atoms with Gasteiger partial charge in [0.15, 0.2) is 0 Å². The molecule has 2 aromatic rings. The Labute approximate surface area is 164 Å². The Hall–Kier alpha value is -2.08. The lowest BCUT2D eigenvalue weighted by molar-refractivity contribution is 0.0526. The third-order valence-electron chi connectivity index (χ3n) is 5.06. The molecule has 1 aliphatic carbocycles. The van der Waals surface area contributed by atoms with E-state index in [1.165, 1.54) is 29.1 Å². The van der Waals surface area contributed by atoms with E-state index in [0.717, 1.165) is 24.8 Å². The van der Waals surface area contributed by atoms with E-state index in [0.29, 0.717) is 40.2 Å². The number of hydrogen-bond donors (Lipinski definition) is 1. The largest absolute Gasteiger partial charge is 0.466 e. The molecule has 2 heterocycles. The van der Waals surface area contributed by atoms with Crippen molar-refractivity contribution in [3.8, 4) is 0 Å². The van der Waals surface area contributed by atoms with E-state index >= 15 is 0 Å². The summed E-state index contributed by atoms with van der Waals surface area (Å²) < 4.78 is 10.7. The second kappa shape index (κ2) is 8.30. The number of carbonyl (C=O) groups is 2. The van der Waals surface area contributed by atoms with Gasteiger partial charge in [-0.25, -0.2) is 4.79 Å². The fourth-order valence-corrected chi connectivity index (χ4v) is 5.19. The van der Waals surface area contributed by atoms with E-state index in [1.54, 1.807) is 19.9 Å². The molecule has 146 valence electrons. The molecule has 0 unspecified atom stereocenters. The van der Waals surface area contributed by atoms with Crippen molar-refractivity contribution >= 4 is 28.2 Å². The average Bonchev–Trinajstić information content (AvgIpc) is 3.13. The Morgan fingerprint density at radius 2 is 2.11 bits per heavy atom. The minimum Gasteiger partial charge on any atom is -0.466 e. The van der Waals surface area contributed by atoms with Gasteiger partial charge in [-0.05, 0) is 57.6 Å². The number of anilines is 1. The normalized spacial score (nSPS) is 16.1. The molecule has 0 bridgehead atoms. The van der Waals surface area contributed by atoms with Crippen LogP contribution in [-0.4, -0.2) is 18.5 Å². The number of carbonyl (C=O) groups excluding carboxylic acids is 2. The molecule has 1 atom stereocenters. The standard InChI is InChI=1S/C21H27NO4S/c1-5-7-14-8-9-15-17(11-14)27-20(18(15)21(24)25-6-2)22-19(23)16-10-12(3)26-13(16)4/h10,14H,5-9,11H2,1-4H3,(H,22,23)/t14-/m0/s1. The van der Waals surface area contributed by atoms with E-state index in [1.807, 2.05) is 6.92 Å². The molecule has 0 fully saturated rings. The number of amides is 1. The summed E-state index contributed by atoms with van der Waals surface area (Å²) in [6.07, 6.45) is 5.28. The van der Waals surface area contributed by atoms with E-state index in [9.17, 15) is 9.59 Å². The molecule has 5 nitrogen and oxygen atoms in total. The summed E-state index contributed by atoms with van der Waals surface area (Å²) >= 11 is 1.52. The number of hydrogen-bond acceptors (Lipinski definition) is 5. The van der Waals surface area contributed by atoms with Gasteiger partial charge in [0.25, 0.3) is 5.91 Å². The summed E-state index contributed by atoms with van der Waals surface area (Å²) in [4.78, 5) is 26.6. The molecule has 6 heteroatoms. The summed E-state index contributed by atoms with van der Waals surface area (Å²) in [6, 6.07) is 1.72. The van der Waals surface area contributed by atoms with Crippen LogP contribution in [0.3, 0.4) is 0 Å². The van der Waals surface area contributed by atoms with Crippen molar-refractivity contribution in [2.45, 2.75) is 59.8 Å². The Balaban J connectivity index is 1.93. The molecule has 0 aliphatic heterocycles. The first-order valence-electron chi connectivity index (χ1n) is 9.64. The van der Waals surface area contributed by atoms with Crippen LogP contribution in [0.2, 0.25) is 0 Å². The summed E-state index contributed by atoms with van der Waals surface area (Å²) in [5.41, 5.74) is 2.09. The number of nitrogens with one attached hydrogen (secondary N) is 1. The average molecular weight is 390 g/mol. The molecule has 3 rings (SSSR count). The highest BCUT2D eigenvalue weighted by atomic mass is 32.1. The second-order valence-corrected chi connectivity index (χ2v) is 8.21. The van der Waals surface area contributed by atoms with E-state index in [2.05, 4.69) is 12.2 Å². The van der Waals surface area contributed by atoms with Gasteiger partial charge < -0.3 is 14.5 Å². The Kier molecular flexibility index (Phi) is 6.05. The molecule has 0 radical (unpaired) electrons. The Morgan fingerprint density at radius 1 is 1.33 bits per heavy atom. The Bertz CT molecular complexity index is 849. The minimum absolute atomic E-state index is 0.251. The lowest BCUT2D eigenvalue weighted by atomic mass is 9.84. The molecular weight excluding hydrogens is 362 g/mol. The van der Waals surface area contributed by atoms with Crippen molar-refractivity contribution in [3.05, 3.63) is 39.2 Å². The number of aryl methyl sites for hydroxylation is 2. The lowest BCUT2D eigenvalue weighted by Crippen LogP contribution is -2.17. The highest BCUT2D eigenvalue weighted by molar-refractivity contribution is 7.17. The van der Waals surface area contributed by atoms with Crippen LogP contribution in [0.1, 0.15) is 75.8 Å². The van der Waals surface area contributed by atoms with Gasteiger partial charge in [-0.15, -0.1) is 11.3 Å². The number of fused-ring (bicyclic) bond motifs is 1. The first-order valence-corrected chi connectivity index (χ1v) is 10.5. The molecule has 0 aromatic carbocycles. The van der Waals surface area contributed by atoms with Crippen molar-refractivity contribution < 1.29 is 18.7 Å². The molecule has 1 aliphatic rings. The topological polar surface area (TPSA) is 68.5 Å². The van der Waals surface area contributed by atoms with Crippen LogP contribution < -0.4 is 5.32 Å². The molecule has 1 N–H and O–H groups in total. The maximum atomic E-state index is 12.7. The van der Waals surface area contributed by atoms with Crippen LogP contribution in [0, 0.1) is 19.8 Å². The van der Waals surface area contributed by atoms with E-state index < -0.39 is 0 Å². The number of rotatable bonds is 6. The zero-order valence-corrected chi connectivity index (χ0v) is 17.3. The molecule has 0 saturated heterocycles. The van der Waals surface area contributed by atoms with E-state index in [-0.39, 0.29) is 11.9 Å². The highest BCUT2D eigenvalue weighted by Gasteiger charge is 2.30. The third-order valence-corrected chi connectivity index (χ3v) is 6.23. The van der Waals surface area contributed by atoms with Gasteiger partial charge in [0, 0.05) is 4.88 Å². The predicted molar refractivity (Wildman–Crippen MR) is 107 cm³/mol. The van der Waals surface area contributed by atoms with Gasteiger partial charge in [-0.3, -0.25) is 4.79 Å². The van der Waals surface area contributed by atoms with Crippen LogP contribution in [0.25, 0.3) is 0 Å². The molecular formula is C21H27NO4S. The lowest BCUT2D eigenvalue weighted by Gasteiger charge is -2.21. The molecule has 1 amide bonds. The fraction of sp³-hybridized carbons (Fsp3) is 0.524. The minimum atomic E-state index is -0.348. The number of thiophene rings is 1. The monoisotopic (exact) mass is 389 g/mol. The van der Waals surface area contributed by atoms with Gasteiger partial charge in [0.05, 0.1) is 17.7 Å². The summed E-state index contributed by atoms with van der Waals surface area (Å²) in [5, 5.41) is 3.54. The highest BCUT2D eigenvalue weighted by Crippen LogP contribution is 2.41. The van der Waals surface area contributed by atoms with Crippen LogP contribution in [0.15, 0.2) is 10.5 Å². The fourth-order valence-electron chi connectivity index (χ4n) is 3.84. The summed E-state index contributed by atoms with van der Waals surface area (Å²) in [5.74, 6) is 1.32. The van der Waals surface area contributed by atoms with E-state index in [4.69, 9.17) is 9.15 Å². The third kappa shape index (κ3) is 4.10. The van der Waals surface area contributed by atoms with Gasteiger partial charge in [0.1, 0.15) is 16.5 Å². The number of furan rings is 1. The van der Waals surface area contributed by atoms with Crippen molar-refractivity contribution in [1.29, 1.82) is 0 Å². The zero-order valence-electron chi connectivity index (χ0n) is 16.4. The van der Waals surface area contributed by atoms with Gasteiger partial charge in [-0.1, -0.05) is 19.8 Å². The van der Waals surface area contributed by atoms with Crippen molar-refractivity contribution in [2.75, 3.05) is 11.9 Å². The van der Waals surface area contributed by atoms with Crippen molar-refractivity contribution in [3.63, 3.8) is 0 Å². The van der Waals surface area contributed by atoms with Crippen LogP contribution in [-0.2, 0) is 17.6 Å². The second-order valence-electron chi connectivity index (χ2n) is 7.11. The quantitative estimate of drug-likeness (QED) is 0.682. The first kappa shape index (κ1) is 19.7. The van der Waals surface area contributed by atoms with Gasteiger partial charge >= 0.3 is 5.97 Å². The summed E-state index contributed by atoms with van der Waals surface area (Å²) in [7, 11) is 0. The molecule has 0 spiro atoms. The van der Waals surface area contributed by atoms with Gasteiger partial charge in [-0.2, -0.15) is 0 Å². The van der Waals surface area contributed by atoms with Crippen LogP contribution in [0.5, 0.6) is 0 Å². The van der Waals surface area contributed by atoms with Crippen molar-refractivity contribution in [2.24, 2.45) is 5.92 Å². The van der Waals surface area contributed by atoms with Crippen LogP contribution >= 0.6 is 11.3 Å². The summed E-state index contributed by atoms with van der Waals surface area (Å²) in [6.45, 7) is 7.89. The van der Waals surface area contributed by atoms with Gasteiger partial charge in [0.2, 0.25) is 0 Å². The maximum Gasteiger partial charge on any atom is 0.341 e. The Morgan fingerprint density at radius 3 is 2.74 bits per heavy atom. The van der Waals surface area contributed by atoms with Crippen molar-refractivity contribution in [1.82, 2.24) is 0 Å². The zero-order chi connectivity index (χ0) is 19.6. The SMILES string of the molecule is CCC[C@H]1CCc2c(sc(NC(=O)c3cc(C)oc3C)c2C(=O)OCC)C1. The number of ether oxygens (including phenoxy) is 1. The number of esters is 1. The predicted octanol–water partition coefficient (Wildman–Crippen LogP) is 5.29. The molecule has 0 saturated carbocycles. The molecule has 27 heavy (non-hydrogen) atoms. The van der Waals surface area contributed by atoms with Crippen LogP contribution in [0.4, 0.5) is 5.00 Å². The smallest absolute Gasteiger partial charge is 0.341 e. The first-order chi connectivity index (χ1) is 12.9.